The van der Waals surface area contributed by atoms with Gasteiger partial charge in [0.1, 0.15) is 0 Å². The van der Waals surface area contributed by atoms with E-state index in [9.17, 15) is 0 Å². The summed E-state index contributed by atoms with van der Waals surface area (Å²) in [5.41, 5.74) is 0. The Morgan fingerprint density at radius 1 is 0.615 bits per heavy atom. The normalized spacial score (nSPS) is 14.8. The van der Waals surface area contributed by atoms with Crippen molar-refractivity contribution < 1.29 is 0 Å². The van der Waals surface area contributed by atoms with Crippen molar-refractivity contribution in [2.24, 2.45) is 0 Å². The molecule has 0 radical (unpaired) electrons. The molecule has 0 nitrogen and oxygen atoms in total. The van der Waals surface area contributed by atoms with Crippen molar-refractivity contribution in [1.29, 1.82) is 0 Å². The molecule has 0 saturated heterocycles. The number of rotatable bonds is 2. The average Bonchev–Trinajstić information content (AvgIpc) is 2.25. The first-order valence-corrected chi connectivity index (χ1v) is 6.41. The fourth-order valence-corrected chi connectivity index (χ4v) is 1.41. The molecule has 0 heteroatoms. The summed E-state index contributed by atoms with van der Waals surface area (Å²) in [6.07, 6.45) is 13.1. The van der Waals surface area contributed by atoms with Gasteiger partial charge in [-0.15, -0.1) is 0 Å². The van der Waals surface area contributed by atoms with Crippen LogP contribution in [0.25, 0.3) is 0 Å². The third-order valence-electron chi connectivity index (χ3n) is 2.21. The Morgan fingerprint density at radius 3 is 0.923 bits per heavy atom. The zero-order valence-electron chi connectivity index (χ0n) is 10.4. The van der Waals surface area contributed by atoms with Gasteiger partial charge in [0.25, 0.3) is 0 Å². The lowest BCUT2D eigenvalue weighted by molar-refractivity contribution is 0.504. The Kier molecular flexibility index (Phi) is 21.3. The molecule has 1 fully saturated rings. The molecule has 82 valence electrons. The quantitative estimate of drug-likeness (QED) is 0.529. The first kappa shape index (κ1) is 15.5. The van der Waals surface area contributed by atoms with Crippen molar-refractivity contribution >= 4 is 0 Å². The van der Waals surface area contributed by atoms with Gasteiger partial charge in [0, 0.05) is 0 Å². The summed E-state index contributed by atoms with van der Waals surface area (Å²) >= 11 is 0. The lowest BCUT2D eigenvalue weighted by Crippen LogP contribution is -1.85. The molecule has 1 aliphatic carbocycles. The SMILES string of the molecule is C1CCCCC1.CC.CCCCC. The molecule has 0 aromatic carbocycles. The summed E-state index contributed by atoms with van der Waals surface area (Å²) in [5, 5.41) is 0. The van der Waals surface area contributed by atoms with E-state index >= 15 is 0 Å². The standard InChI is InChI=1S/C6H12.C5H12.C2H6/c1-2-4-6-5-3-1;1-3-5-4-2;1-2/h1-6H2;3-5H2,1-2H3;1-2H3. The van der Waals surface area contributed by atoms with Gasteiger partial charge < -0.3 is 0 Å². The minimum Gasteiger partial charge on any atom is -0.0683 e. The highest BCUT2D eigenvalue weighted by Gasteiger charge is 1.95. The summed E-state index contributed by atoms with van der Waals surface area (Å²) < 4.78 is 0. The maximum absolute atomic E-state index is 2.21. The Bertz CT molecular complexity index is 39.5. The van der Waals surface area contributed by atoms with Crippen LogP contribution < -0.4 is 0 Å². The Hall–Kier alpha value is 0. The minimum atomic E-state index is 1.34. The van der Waals surface area contributed by atoms with Gasteiger partial charge in [-0.05, 0) is 0 Å². The van der Waals surface area contributed by atoms with Crippen LogP contribution in [0.4, 0.5) is 0 Å². The van der Waals surface area contributed by atoms with Crippen molar-refractivity contribution in [3.05, 3.63) is 0 Å². The number of hydrogen-bond donors (Lipinski definition) is 0. The van der Waals surface area contributed by atoms with E-state index in [1.165, 1.54) is 57.8 Å². The maximum Gasteiger partial charge on any atom is -0.0533 e. The minimum absolute atomic E-state index is 1.34. The van der Waals surface area contributed by atoms with E-state index in [1.807, 2.05) is 13.8 Å². The van der Waals surface area contributed by atoms with Gasteiger partial charge in [0.15, 0.2) is 0 Å². The van der Waals surface area contributed by atoms with Crippen LogP contribution in [-0.2, 0) is 0 Å². The summed E-state index contributed by atoms with van der Waals surface area (Å²) in [6, 6.07) is 0. The van der Waals surface area contributed by atoms with Crippen molar-refractivity contribution in [2.75, 3.05) is 0 Å². The second-order valence-corrected chi connectivity index (χ2v) is 3.47. The highest BCUT2D eigenvalue weighted by molar-refractivity contribution is 4.51. The van der Waals surface area contributed by atoms with Gasteiger partial charge in [-0.2, -0.15) is 0 Å². The first-order valence-electron chi connectivity index (χ1n) is 6.41. The molecule has 0 heterocycles. The molecule has 1 aliphatic rings. The molecule has 0 aromatic heterocycles. The number of unbranched alkanes of at least 4 members (excludes halogenated alkanes) is 2. The van der Waals surface area contributed by atoms with Crippen LogP contribution in [0, 0.1) is 0 Å². The van der Waals surface area contributed by atoms with Gasteiger partial charge in [0.2, 0.25) is 0 Å². The van der Waals surface area contributed by atoms with Gasteiger partial charge in [-0.25, -0.2) is 0 Å². The van der Waals surface area contributed by atoms with E-state index in [0.29, 0.717) is 0 Å². The van der Waals surface area contributed by atoms with Crippen LogP contribution in [0.2, 0.25) is 0 Å². The largest absolute Gasteiger partial charge is 0.0683 e. The monoisotopic (exact) mass is 186 g/mol. The lowest BCUT2D eigenvalue weighted by Gasteiger charge is -2.05. The molecule has 0 unspecified atom stereocenters. The summed E-state index contributed by atoms with van der Waals surface area (Å²) in [7, 11) is 0. The third kappa shape index (κ3) is 18.8. The van der Waals surface area contributed by atoms with Gasteiger partial charge in [-0.3, -0.25) is 0 Å². The molecule has 0 aliphatic heterocycles. The Labute approximate surface area is 86.1 Å². The lowest BCUT2D eigenvalue weighted by atomic mass is 10.0. The fourth-order valence-electron chi connectivity index (χ4n) is 1.41. The summed E-state index contributed by atoms with van der Waals surface area (Å²) in [4.78, 5) is 0. The van der Waals surface area contributed by atoms with Crippen LogP contribution in [-0.4, -0.2) is 0 Å². The van der Waals surface area contributed by atoms with Crippen molar-refractivity contribution in [3.8, 4) is 0 Å². The predicted molar refractivity (Wildman–Crippen MR) is 64.2 cm³/mol. The van der Waals surface area contributed by atoms with E-state index in [1.54, 1.807) is 0 Å². The van der Waals surface area contributed by atoms with Crippen molar-refractivity contribution in [1.82, 2.24) is 0 Å². The van der Waals surface area contributed by atoms with Gasteiger partial charge in [0.05, 0.1) is 0 Å². The molecule has 0 N–H and O–H groups in total. The summed E-state index contributed by atoms with van der Waals surface area (Å²) in [5.74, 6) is 0. The van der Waals surface area contributed by atoms with Crippen LogP contribution in [0.15, 0.2) is 0 Å². The van der Waals surface area contributed by atoms with Gasteiger partial charge in [-0.1, -0.05) is 85.5 Å². The molecule has 13 heavy (non-hydrogen) atoms. The van der Waals surface area contributed by atoms with Crippen molar-refractivity contribution in [3.63, 3.8) is 0 Å². The van der Waals surface area contributed by atoms with Crippen LogP contribution in [0.3, 0.4) is 0 Å². The highest BCUT2D eigenvalue weighted by atomic mass is 14.0. The topological polar surface area (TPSA) is 0 Å². The van der Waals surface area contributed by atoms with Crippen LogP contribution in [0.1, 0.15) is 85.5 Å². The average molecular weight is 186 g/mol. The Morgan fingerprint density at radius 2 is 0.846 bits per heavy atom. The molecule has 0 spiro atoms. The maximum atomic E-state index is 2.21. The smallest absolute Gasteiger partial charge is 0.0533 e. The van der Waals surface area contributed by atoms with E-state index in [2.05, 4.69) is 13.8 Å². The molecule has 0 amide bonds. The molecule has 0 atom stereocenters. The second kappa shape index (κ2) is 17.9. The zero-order valence-corrected chi connectivity index (χ0v) is 10.4. The van der Waals surface area contributed by atoms with E-state index in [4.69, 9.17) is 0 Å². The molecular formula is C13H30. The zero-order chi connectivity index (χ0) is 10.4. The van der Waals surface area contributed by atoms with E-state index in [0.717, 1.165) is 0 Å². The Balaban J connectivity index is 0. The molecule has 1 saturated carbocycles. The predicted octanol–water partition coefficient (Wildman–Crippen LogP) is 5.56. The van der Waals surface area contributed by atoms with Gasteiger partial charge >= 0.3 is 0 Å². The second-order valence-electron chi connectivity index (χ2n) is 3.47. The van der Waals surface area contributed by atoms with E-state index in [-0.39, 0.29) is 0 Å². The van der Waals surface area contributed by atoms with Crippen LogP contribution in [0.5, 0.6) is 0 Å². The number of hydrogen-bond acceptors (Lipinski definition) is 0. The van der Waals surface area contributed by atoms with Crippen molar-refractivity contribution in [2.45, 2.75) is 85.5 Å². The molecule has 0 bridgehead atoms. The van der Waals surface area contributed by atoms with Crippen LogP contribution >= 0.6 is 0 Å². The summed E-state index contributed by atoms with van der Waals surface area (Å²) in [6.45, 7) is 8.42. The third-order valence-corrected chi connectivity index (χ3v) is 2.21. The van der Waals surface area contributed by atoms with E-state index < -0.39 is 0 Å². The molecule has 1 rings (SSSR count). The molecular weight excluding hydrogens is 156 g/mol. The highest BCUT2D eigenvalue weighted by Crippen LogP contribution is 2.15. The molecule has 0 aromatic rings. The fraction of sp³-hybridized carbons (Fsp3) is 1.00. The first-order chi connectivity index (χ1) is 6.41.